The third kappa shape index (κ3) is 3.68. The molecule has 0 fully saturated rings. The van der Waals surface area contributed by atoms with E-state index < -0.39 is 23.8 Å². The summed E-state index contributed by atoms with van der Waals surface area (Å²) in [6.45, 7) is 12.1. The van der Waals surface area contributed by atoms with E-state index >= 15 is 0 Å². The Hall–Kier alpha value is -2.80. The molecular weight excluding hydrogens is 350 g/mol. The van der Waals surface area contributed by atoms with Crippen molar-refractivity contribution in [1.82, 2.24) is 4.57 Å². The van der Waals surface area contributed by atoms with Gasteiger partial charge in [0.2, 0.25) is 0 Å². The lowest BCUT2D eigenvalue weighted by Crippen LogP contribution is -2.27. The van der Waals surface area contributed by atoms with Crippen LogP contribution in [0, 0.1) is 13.8 Å². The number of aliphatic hydroxyl groups excluding tert-OH is 1. The van der Waals surface area contributed by atoms with Gasteiger partial charge in [-0.3, -0.25) is 0 Å². The highest BCUT2D eigenvalue weighted by atomic mass is 16.6. The number of aliphatic hydroxyl groups is 1. The number of aryl methyl sites for hydroxylation is 1. The minimum Gasteiger partial charge on any atom is -0.507 e. The van der Waals surface area contributed by atoms with Crippen LogP contribution in [0.2, 0.25) is 0 Å². The molecule has 146 valence electrons. The molecule has 2 N–H and O–H groups in total. The van der Waals surface area contributed by atoms with Gasteiger partial charge >= 0.3 is 12.1 Å². The maximum absolute atomic E-state index is 12.8. The lowest BCUT2D eigenvalue weighted by Gasteiger charge is -2.20. The number of methoxy groups -OCH3 is 1. The van der Waals surface area contributed by atoms with E-state index in [0.29, 0.717) is 16.8 Å². The molecule has 0 aliphatic carbocycles. The Balaban J connectivity index is 2.79. The number of esters is 1. The van der Waals surface area contributed by atoms with Gasteiger partial charge in [0.1, 0.15) is 17.5 Å². The summed E-state index contributed by atoms with van der Waals surface area (Å²) in [5.41, 5.74) is 0.508. The van der Waals surface area contributed by atoms with Crippen molar-refractivity contribution in [1.29, 1.82) is 0 Å². The van der Waals surface area contributed by atoms with Gasteiger partial charge in [-0.05, 0) is 46.2 Å². The summed E-state index contributed by atoms with van der Waals surface area (Å²) >= 11 is 0. The average molecular weight is 375 g/mol. The fraction of sp³-hybridized carbons (Fsp3) is 0.400. The molecular formula is C20H25NO6. The normalized spacial score (nSPS) is 12.7. The fourth-order valence-electron chi connectivity index (χ4n) is 2.91. The van der Waals surface area contributed by atoms with Gasteiger partial charge in [0.15, 0.2) is 0 Å². The first-order valence-corrected chi connectivity index (χ1v) is 8.42. The first-order valence-electron chi connectivity index (χ1n) is 8.42. The van der Waals surface area contributed by atoms with Crippen LogP contribution in [-0.2, 0) is 14.3 Å². The largest absolute Gasteiger partial charge is 0.507 e. The van der Waals surface area contributed by atoms with Crippen LogP contribution in [0.1, 0.15) is 43.7 Å². The van der Waals surface area contributed by atoms with Gasteiger partial charge in [-0.1, -0.05) is 12.6 Å². The van der Waals surface area contributed by atoms with Crippen molar-refractivity contribution in [3.8, 4) is 5.75 Å². The molecule has 0 amide bonds. The summed E-state index contributed by atoms with van der Waals surface area (Å²) in [5, 5.41) is 21.6. The number of carbonyl (C=O) groups excluding carboxylic acids is 2. The summed E-state index contributed by atoms with van der Waals surface area (Å²) in [5.74, 6) is -0.878. The van der Waals surface area contributed by atoms with Crippen molar-refractivity contribution < 1.29 is 29.3 Å². The molecule has 0 spiro atoms. The number of phenols is 1. The molecule has 1 aromatic heterocycles. The molecule has 0 radical (unpaired) electrons. The predicted octanol–water partition coefficient (Wildman–Crippen LogP) is 3.51. The second kappa shape index (κ2) is 7.08. The summed E-state index contributed by atoms with van der Waals surface area (Å²) in [6.07, 6.45) is -2.12. The highest BCUT2D eigenvalue weighted by Crippen LogP contribution is 2.40. The first kappa shape index (κ1) is 20.5. The van der Waals surface area contributed by atoms with Gasteiger partial charge in [-0.2, -0.15) is 0 Å². The molecule has 0 aliphatic heterocycles. The number of benzene rings is 1. The van der Waals surface area contributed by atoms with Gasteiger partial charge in [0.25, 0.3) is 0 Å². The SMILES string of the molecule is C=C(C(=O)OC)C(O)c1c(C)n(C(=O)OC(C)(C)C)c2ccc(C)c(O)c12. The molecule has 1 atom stereocenters. The summed E-state index contributed by atoms with van der Waals surface area (Å²) in [7, 11) is 1.18. The van der Waals surface area contributed by atoms with Crippen molar-refractivity contribution >= 4 is 23.0 Å². The lowest BCUT2D eigenvalue weighted by molar-refractivity contribution is -0.137. The van der Waals surface area contributed by atoms with Gasteiger partial charge in [0.05, 0.1) is 18.2 Å². The number of nitrogens with zero attached hydrogens (tertiary/aromatic N) is 1. The molecule has 2 aromatic rings. The van der Waals surface area contributed by atoms with Gasteiger partial charge < -0.3 is 19.7 Å². The van der Waals surface area contributed by atoms with Crippen molar-refractivity contribution in [2.45, 2.75) is 46.3 Å². The van der Waals surface area contributed by atoms with Crippen LogP contribution in [-0.4, -0.2) is 39.6 Å². The van der Waals surface area contributed by atoms with Crippen LogP contribution in [0.15, 0.2) is 24.3 Å². The van der Waals surface area contributed by atoms with E-state index in [0.717, 1.165) is 0 Å². The molecule has 7 nitrogen and oxygen atoms in total. The van der Waals surface area contributed by atoms with Gasteiger partial charge in [0, 0.05) is 16.6 Å². The summed E-state index contributed by atoms with van der Waals surface area (Å²) < 4.78 is 11.3. The van der Waals surface area contributed by atoms with E-state index in [1.54, 1.807) is 46.8 Å². The zero-order valence-electron chi connectivity index (χ0n) is 16.4. The third-order valence-corrected chi connectivity index (χ3v) is 4.22. The molecule has 0 saturated heterocycles. The number of rotatable bonds is 3. The van der Waals surface area contributed by atoms with Crippen LogP contribution in [0.25, 0.3) is 10.9 Å². The van der Waals surface area contributed by atoms with Crippen molar-refractivity contribution in [2.24, 2.45) is 0 Å². The van der Waals surface area contributed by atoms with E-state index in [2.05, 4.69) is 11.3 Å². The number of aromatic nitrogens is 1. The molecule has 7 heteroatoms. The molecule has 0 saturated carbocycles. The smallest absolute Gasteiger partial charge is 0.419 e. The Bertz CT molecular complexity index is 932. The van der Waals surface area contributed by atoms with Crippen LogP contribution in [0.5, 0.6) is 5.75 Å². The van der Waals surface area contributed by atoms with Crippen LogP contribution in [0.3, 0.4) is 0 Å². The number of hydrogen-bond acceptors (Lipinski definition) is 6. The maximum atomic E-state index is 12.8. The Morgan fingerprint density at radius 2 is 1.81 bits per heavy atom. The summed E-state index contributed by atoms with van der Waals surface area (Å²) in [4.78, 5) is 24.6. The lowest BCUT2D eigenvalue weighted by atomic mass is 9.98. The Morgan fingerprint density at radius 1 is 1.22 bits per heavy atom. The zero-order chi connectivity index (χ0) is 20.7. The van der Waals surface area contributed by atoms with E-state index in [-0.39, 0.29) is 22.3 Å². The van der Waals surface area contributed by atoms with Gasteiger partial charge in [-0.25, -0.2) is 14.2 Å². The fourth-order valence-corrected chi connectivity index (χ4v) is 2.91. The topological polar surface area (TPSA) is 98.0 Å². The Kier molecular flexibility index (Phi) is 5.37. The van der Waals surface area contributed by atoms with Crippen molar-refractivity contribution in [2.75, 3.05) is 7.11 Å². The van der Waals surface area contributed by atoms with E-state index in [9.17, 15) is 19.8 Å². The molecule has 2 rings (SSSR count). The van der Waals surface area contributed by atoms with Crippen LogP contribution >= 0.6 is 0 Å². The van der Waals surface area contributed by atoms with Crippen LogP contribution < -0.4 is 0 Å². The average Bonchev–Trinajstić information content (AvgIpc) is 2.87. The minimum atomic E-state index is -1.46. The minimum absolute atomic E-state index is 0.0929. The van der Waals surface area contributed by atoms with Crippen molar-refractivity contribution in [3.05, 3.63) is 41.1 Å². The van der Waals surface area contributed by atoms with Crippen molar-refractivity contribution in [3.63, 3.8) is 0 Å². The summed E-state index contributed by atoms with van der Waals surface area (Å²) in [6, 6.07) is 3.31. The second-order valence-electron chi connectivity index (χ2n) is 7.36. The van der Waals surface area contributed by atoms with E-state index in [1.807, 2.05) is 0 Å². The highest BCUT2D eigenvalue weighted by molar-refractivity contribution is 6.00. The van der Waals surface area contributed by atoms with Crippen LogP contribution in [0.4, 0.5) is 4.79 Å². The quantitative estimate of drug-likeness (QED) is 0.629. The monoisotopic (exact) mass is 375 g/mol. The molecule has 1 heterocycles. The zero-order valence-corrected chi connectivity index (χ0v) is 16.4. The molecule has 1 unspecified atom stereocenters. The molecule has 0 aliphatic rings. The van der Waals surface area contributed by atoms with E-state index in [1.165, 1.54) is 11.7 Å². The maximum Gasteiger partial charge on any atom is 0.419 e. The third-order valence-electron chi connectivity index (χ3n) is 4.22. The second-order valence-corrected chi connectivity index (χ2v) is 7.36. The number of fused-ring (bicyclic) bond motifs is 1. The standard InChI is InChI=1S/C20H25NO6/c1-10-8-9-13-15(16(10)22)14(17(23)11(2)18(24)26-7)12(3)21(13)19(25)27-20(4,5)6/h8-9,17,22-23H,2H2,1,3-7H3. The predicted molar refractivity (Wildman–Crippen MR) is 101 cm³/mol. The number of carbonyl (C=O) groups is 2. The molecule has 27 heavy (non-hydrogen) atoms. The first-order chi connectivity index (χ1) is 12.4. The Morgan fingerprint density at radius 3 is 2.33 bits per heavy atom. The number of aromatic hydroxyl groups is 1. The molecule has 1 aromatic carbocycles. The van der Waals surface area contributed by atoms with Gasteiger partial charge in [-0.15, -0.1) is 0 Å². The number of ether oxygens (including phenoxy) is 2. The molecule has 0 bridgehead atoms. The van der Waals surface area contributed by atoms with E-state index in [4.69, 9.17) is 4.74 Å². The number of hydrogen-bond donors (Lipinski definition) is 2. The Labute approximate surface area is 157 Å². The highest BCUT2D eigenvalue weighted by Gasteiger charge is 2.31. The number of phenolic OH excluding ortho intramolecular Hbond substituents is 1.